The first-order chi connectivity index (χ1) is 6.56. The van der Waals surface area contributed by atoms with Crippen LogP contribution < -0.4 is 5.73 Å². The average Bonchev–Trinajstić information content (AvgIpc) is 2.20. The van der Waals surface area contributed by atoms with Gasteiger partial charge < -0.3 is 10.8 Å². The van der Waals surface area contributed by atoms with Crippen LogP contribution in [0.15, 0.2) is 22.7 Å². The lowest BCUT2D eigenvalue weighted by molar-refractivity contribution is 0.140. The third kappa shape index (κ3) is 3.93. The van der Waals surface area contributed by atoms with E-state index in [0.717, 1.165) is 10.0 Å². The van der Waals surface area contributed by atoms with Crippen LogP contribution in [0.1, 0.15) is 24.9 Å². The number of aliphatic hydroxyl groups is 1. The van der Waals surface area contributed by atoms with Crippen molar-refractivity contribution in [1.29, 1.82) is 0 Å². The van der Waals surface area contributed by atoms with Crippen LogP contribution in [-0.4, -0.2) is 11.2 Å². The molecule has 0 radical (unpaired) electrons. The number of halogens is 3. The molecule has 0 aliphatic heterocycles. The van der Waals surface area contributed by atoms with Crippen molar-refractivity contribution in [3.05, 3.63) is 33.3 Å². The Morgan fingerprint density at radius 1 is 1.53 bits per heavy atom. The van der Waals surface area contributed by atoms with Crippen molar-refractivity contribution in [3.63, 3.8) is 0 Å². The van der Waals surface area contributed by atoms with Gasteiger partial charge >= 0.3 is 0 Å². The van der Waals surface area contributed by atoms with Gasteiger partial charge in [-0.2, -0.15) is 0 Å². The number of hydrogen-bond acceptors (Lipinski definition) is 2. The molecule has 0 aliphatic rings. The lowest BCUT2D eigenvalue weighted by atomic mass is 10.0. The van der Waals surface area contributed by atoms with Gasteiger partial charge in [-0.05, 0) is 40.0 Å². The molecule has 0 heterocycles. The quantitative estimate of drug-likeness (QED) is 0.899. The van der Waals surface area contributed by atoms with Gasteiger partial charge in [0.1, 0.15) is 0 Å². The van der Waals surface area contributed by atoms with Gasteiger partial charge in [-0.15, -0.1) is 12.4 Å². The van der Waals surface area contributed by atoms with E-state index in [1.54, 1.807) is 6.07 Å². The molecule has 1 rings (SSSR count). The fourth-order valence-corrected chi connectivity index (χ4v) is 1.71. The summed E-state index contributed by atoms with van der Waals surface area (Å²) >= 11 is 9.16. The minimum Gasteiger partial charge on any atom is -0.391 e. The average molecular weight is 315 g/mol. The zero-order valence-corrected chi connectivity index (χ0v) is 11.4. The van der Waals surface area contributed by atoms with Crippen molar-refractivity contribution in [2.24, 2.45) is 5.73 Å². The maximum Gasteiger partial charge on any atom is 0.0730 e. The van der Waals surface area contributed by atoms with Crippen molar-refractivity contribution in [2.75, 3.05) is 0 Å². The highest BCUT2D eigenvalue weighted by atomic mass is 79.9. The predicted octanol–water partition coefficient (Wildman–Crippen LogP) is 3.30. The summed E-state index contributed by atoms with van der Waals surface area (Å²) in [4.78, 5) is 0. The van der Waals surface area contributed by atoms with Gasteiger partial charge in [-0.25, -0.2) is 0 Å². The lowest BCUT2D eigenvalue weighted by Crippen LogP contribution is -2.25. The Balaban J connectivity index is 0.00000196. The second kappa shape index (κ2) is 6.71. The maximum atomic E-state index is 9.57. The van der Waals surface area contributed by atoms with E-state index in [4.69, 9.17) is 17.3 Å². The molecule has 0 saturated carbocycles. The van der Waals surface area contributed by atoms with E-state index in [-0.39, 0.29) is 18.4 Å². The zero-order valence-electron chi connectivity index (χ0n) is 8.28. The van der Waals surface area contributed by atoms with Gasteiger partial charge in [0.05, 0.1) is 17.2 Å². The molecule has 1 aromatic carbocycles. The van der Waals surface area contributed by atoms with Crippen LogP contribution in [0.2, 0.25) is 5.02 Å². The van der Waals surface area contributed by atoms with Crippen molar-refractivity contribution < 1.29 is 5.11 Å². The first kappa shape index (κ1) is 15.2. The van der Waals surface area contributed by atoms with Crippen molar-refractivity contribution in [2.45, 2.75) is 25.5 Å². The molecule has 1 aromatic rings. The van der Waals surface area contributed by atoms with Crippen molar-refractivity contribution >= 4 is 39.9 Å². The van der Waals surface area contributed by atoms with Gasteiger partial charge in [0.25, 0.3) is 0 Å². The van der Waals surface area contributed by atoms with E-state index in [1.807, 2.05) is 19.1 Å². The maximum absolute atomic E-state index is 9.57. The minimum atomic E-state index is -0.511. The molecule has 15 heavy (non-hydrogen) atoms. The fraction of sp³-hybridized carbons (Fsp3) is 0.400. The van der Waals surface area contributed by atoms with Gasteiger partial charge in [0.15, 0.2) is 0 Å². The van der Waals surface area contributed by atoms with Gasteiger partial charge in [0.2, 0.25) is 0 Å². The van der Waals surface area contributed by atoms with Crippen LogP contribution in [0.4, 0.5) is 0 Å². The van der Waals surface area contributed by atoms with Crippen LogP contribution in [0.25, 0.3) is 0 Å². The summed E-state index contributed by atoms with van der Waals surface area (Å²) in [6.45, 7) is 1.90. The normalized spacial score (nSPS) is 14.2. The number of rotatable bonds is 3. The molecule has 0 spiro atoms. The van der Waals surface area contributed by atoms with Crippen molar-refractivity contribution in [1.82, 2.24) is 0 Å². The Kier molecular flexibility index (Phi) is 6.80. The largest absolute Gasteiger partial charge is 0.391 e. The molecule has 0 unspecified atom stereocenters. The highest BCUT2D eigenvalue weighted by Gasteiger charge is 2.15. The molecule has 0 aromatic heterocycles. The van der Waals surface area contributed by atoms with Crippen molar-refractivity contribution in [3.8, 4) is 0 Å². The summed E-state index contributed by atoms with van der Waals surface area (Å²) in [5.41, 5.74) is 6.74. The zero-order chi connectivity index (χ0) is 10.7. The fourth-order valence-electron chi connectivity index (χ4n) is 1.20. The minimum absolute atomic E-state index is 0. The summed E-state index contributed by atoms with van der Waals surface area (Å²) in [6, 6.07) is 5.08. The van der Waals surface area contributed by atoms with Crippen LogP contribution >= 0.6 is 39.9 Å². The number of nitrogens with two attached hydrogens (primary N) is 1. The summed E-state index contributed by atoms with van der Waals surface area (Å²) in [5, 5.41) is 10.2. The second-order valence-electron chi connectivity index (χ2n) is 3.17. The molecule has 0 bridgehead atoms. The Hall–Kier alpha value is 0.200. The van der Waals surface area contributed by atoms with Crippen LogP contribution in [-0.2, 0) is 0 Å². The Labute approximate surface area is 109 Å². The molecule has 0 saturated heterocycles. The molecule has 0 fully saturated rings. The highest BCUT2D eigenvalue weighted by Crippen LogP contribution is 2.26. The molecule has 2 nitrogen and oxygen atoms in total. The first-order valence-electron chi connectivity index (χ1n) is 4.44. The monoisotopic (exact) mass is 313 g/mol. The van der Waals surface area contributed by atoms with E-state index in [9.17, 15) is 5.11 Å². The van der Waals surface area contributed by atoms with E-state index in [2.05, 4.69) is 15.9 Å². The number of benzene rings is 1. The molecular weight excluding hydrogens is 301 g/mol. The first-order valence-corrected chi connectivity index (χ1v) is 5.62. The molecule has 86 valence electrons. The van der Waals surface area contributed by atoms with Gasteiger partial charge in [0, 0.05) is 4.47 Å². The molecule has 0 aliphatic carbocycles. The van der Waals surface area contributed by atoms with E-state index in [0.29, 0.717) is 11.4 Å². The lowest BCUT2D eigenvalue weighted by Gasteiger charge is -2.17. The molecule has 3 N–H and O–H groups in total. The van der Waals surface area contributed by atoms with Crippen LogP contribution in [0, 0.1) is 0 Å². The summed E-state index contributed by atoms with van der Waals surface area (Å²) in [7, 11) is 0. The summed E-state index contributed by atoms with van der Waals surface area (Å²) in [5.74, 6) is 0. The highest BCUT2D eigenvalue weighted by molar-refractivity contribution is 9.10. The summed E-state index contributed by atoms with van der Waals surface area (Å²) < 4.78 is 0.801. The third-order valence-electron chi connectivity index (χ3n) is 2.16. The standard InChI is InChI=1S/C10H13BrClNO.ClH/c1-2-9(14)10(13)6-3-4-8(12)7(11)5-6;/h3-5,9-10,14H,2,13H2,1H3;1H/t9-,10+;/m0./s1. The van der Waals surface area contributed by atoms with E-state index >= 15 is 0 Å². The topological polar surface area (TPSA) is 46.2 Å². The second-order valence-corrected chi connectivity index (χ2v) is 4.44. The van der Waals surface area contributed by atoms with Crippen LogP contribution in [0.3, 0.4) is 0 Å². The smallest absolute Gasteiger partial charge is 0.0730 e. The van der Waals surface area contributed by atoms with E-state index < -0.39 is 6.10 Å². The number of hydrogen-bond donors (Lipinski definition) is 2. The van der Waals surface area contributed by atoms with E-state index in [1.165, 1.54) is 0 Å². The Bertz CT molecular complexity index is 322. The van der Waals surface area contributed by atoms with Crippen LogP contribution in [0.5, 0.6) is 0 Å². The third-order valence-corrected chi connectivity index (χ3v) is 3.38. The Morgan fingerprint density at radius 2 is 2.13 bits per heavy atom. The molecule has 0 amide bonds. The number of aliphatic hydroxyl groups excluding tert-OH is 1. The molecule has 2 atom stereocenters. The predicted molar refractivity (Wildman–Crippen MR) is 69.6 cm³/mol. The SMILES string of the molecule is CC[C@H](O)[C@H](N)c1ccc(Cl)c(Br)c1.Cl. The molecular formula is C10H14BrCl2NO. The Morgan fingerprint density at radius 3 is 2.60 bits per heavy atom. The summed E-state index contributed by atoms with van der Waals surface area (Å²) in [6.07, 6.45) is 0.129. The van der Waals surface area contributed by atoms with Gasteiger partial charge in [-0.3, -0.25) is 0 Å². The molecule has 5 heteroatoms. The van der Waals surface area contributed by atoms with Gasteiger partial charge in [-0.1, -0.05) is 24.6 Å².